The largest absolute Gasteiger partial charge is 0.444 e. The van der Waals surface area contributed by atoms with Crippen LogP contribution in [0, 0.1) is 28.6 Å². The number of benzene rings is 2. The van der Waals surface area contributed by atoms with E-state index in [1.165, 1.54) is 12.1 Å². The van der Waals surface area contributed by atoms with Gasteiger partial charge in [-0.1, -0.05) is 30.3 Å². The Morgan fingerprint density at radius 2 is 1.68 bits per heavy atom. The summed E-state index contributed by atoms with van der Waals surface area (Å²) in [5.41, 5.74) is 1.61. The smallest absolute Gasteiger partial charge is 0.411 e. The van der Waals surface area contributed by atoms with Gasteiger partial charge in [-0.25, -0.2) is 13.2 Å². The molecule has 1 N–H and O–H groups in total. The summed E-state index contributed by atoms with van der Waals surface area (Å²) in [6, 6.07) is 14.5. The molecule has 210 valence electrons. The van der Waals surface area contributed by atoms with Gasteiger partial charge in [0.25, 0.3) is 0 Å². The summed E-state index contributed by atoms with van der Waals surface area (Å²) in [5.74, 6) is -0.310. The Kier molecular flexibility index (Phi) is 8.23. The molecule has 2 aliphatic heterocycles. The second-order valence-corrected chi connectivity index (χ2v) is 13.6. The maximum absolute atomic E-state index is 13.4. The number of nitriles is 2. The second-order valence-electron chi connectivity index (χ2n) is 11.6. The highest BCUT2D eigenvalue weighted by Gasteiger charge is 2.49. The highest BCUT2D eigenvalue weighted by Crippen LogP contribution is 2.40. The van der Waals surface area contributed by atoms with Gasteiger partial charge in [0.1, 0.15) is 23.8 Å². The minimum atomic E-state index is -3.58. The Morgan fingerprint density at radius 3 is 2.23 bits per heavy atom. The number of nitrogens with zero attached hydrogens (tertiary/aromatic N) is 3. The molecule has 2 saturated heterocycles. The number of ether oxygens (including phenoxy) is 1. The van der Waals surface area contributed by atoms with E-state index in [0.717, 1.165) is 43.1 Å². The van der Waals surface area contributed by atoms with Crippen molar-refractivity contribution in [1.82, 2.24) is 10.2 Å². The molecule has 1 saturated carbocycles. The molecule has 10 heteroatoms. The molecule has 1 aliphatic carbocycles. The summed E-state index contributed by atoms with van der Waals surface area (Å²) in [7, 11) is -3.58. The molecule has 0 radical (unpaired) electrons. The number of amides is 2. The van der Waals surface area contributed by atoms with Gasteiger partial charge in [0.05, 0.1) is 16.5 Å². The molecule has 9 nitrogen and oxygen atoms in total. The molecule has 40 heavy (non-hydrogen) atoms. The van der Waals surface area contributed by atoms with E-state index in [1.54, 1.807) is 31.7 Å². The molecule has 2 unspecified atom stereocenters. The van der Waals surface area contributed by atoms with Crippen LogP contribution < -0.4 is 5.32 Å². The number of rotatable bonds is 6. The summed E-state index contributed by atoms with van der Waals surface area (Å²) in [5, 5.41) is 21.9. The average molecular weight is 563 g/mol. The molecule has 5 rings (SSSR count). The van der Waals surface area contributed by atoms with Gasteiger partial charge in [-0.15, -0.1) is 0 Å². The second kappa shape index (κ2) is 11.3. The van der Waals surface area contributed by atoms with Gasteiger partial charge in [0, 0.05) is 18.7 Å². The van der Waals surface area contributed by atoms with Crippen LogP contribution in [-0.2, 0) is 25.8 Å². The van der Waals surface area contributed by atoms with Crippen LogP contribution in [0.3, 0.4) is 0 Å². The zero-order valence-corrected chi connectivity index (χ0v) is 24.0. The lowest BCUT2D eigenvalue weighted by Crippen LogP contribution is -2.64. The first-order valence-corrected chi connectivity index (χ1v) is 15.2. The van der Waals surface area contributed by atoms with Crippen LogP contribution in [0.2, 0.25) is 0 Å². The van der Waals surface area contributed by atoms with E-state index < -0.39 is 33.6 Å². The number of piperidine rings is 2. The van der Waals surface area contributed by atoms with Crippen LogP contribution in [0.5, 0.6) is 0 Å². The van der Waals surface area contributed by atoms with Gasteiger partial charge >= 0.3 is 6.09 Å². The predicted molar refractivity (Wildman–Crippen MR) is 149 cm³/mol. The van der Waals surface area contributed by atoms with E-state index in [2.05, 4.69) is 11.4 Å². The Hall–Kier alpha value is -3.89. The first-order valence-electron chi connectivity index (χ1n) is 13.4. The molecule has 2 heterocycles. The fourth-order valence-corrected chi connectivity index (χ4v) is 6.48. The van der Waals surface area contributed by atoms with Crippen molar-refractivity contribution in [3.63, 3.8) is 0 Å². The average Bonchev–Trinajstić information content (AvgIpc) is 2.91. The molecule has 3 aliphatic rings. The number of carbonyl (C=O) groups is 2. The monoisotopic (exact) mass is 562 g/mol. The van der Waals surface area contributed by atoms with Crippen molar-refractivity contribution >= 4 is 21.8 Å². The van der Waals surface area contributed by atoms with Gasteiger partial charge < -0.3 is 10.1 Å². The number of sulfone groups is 1. The summed E-state index contributed by atoms with van der Waals surface area (Å²) >= 11 is 0. The van der Waals surface area contributed by atoms with Gasteiger partial charge in [0.15, 0.2) is 9.84 Å². The maximum atomic E-state index is 13.4. The third-order valence-electron chi connectivity index (χ3n) is 7.45. The summed E-state index contributed by atoms with van der Waals surface area (Å²) < 4.78 is 29.9. The van der Waals surface area contributed by atoms with Crippen LogP contribution >= 0.6 is 0 Å². The van der Waals surface area contributed by atoms with E-state index in [1.807, 2.05) is 30.3 Å². The minimum absolute atomic E-state index is 0.0272. The van der Waals surface area contributed by atoms with Crippen LogP contribution in [0.4, 0.5) is 4.79 Å². The van der Waals surface area contributed by atoms with Crippen molar-refractivity contribution in [1.29, 1.82) is 10.5 Å². The van der Waals surface area contributed by atoms with Gasteiger partial charge in [0.2, 0.25) is 5.91 Å². The third kappa shape index (κ3) is 6.46. The summed E-state index contributed by atoms with van der Waals surface area (Å²) in [4.78, 5) is 28.0. The minimum Gasteiger partial charge on any atom is -0.444 e. The molecule has 2 aromatic carbocycles. The predicted octanol–water partition coefficient (Wildman–Crippen LogP) is 4.36. The number of nitrogens with one attached hydrogen (secondary N) is 1. The van der Waals surface area contributed by atoms with Gasteiger partial charge in [-0.05, 0) is 81.2 Å². The molecule has 0 aromatic heterocycles. The quantitative estimate of drug-likeness (QED) is 0.552. The maximum Gasteiger partial charge on any atom is 0.411 e. The molecule has 2 bridgehead atoms. The molecular formula is C30H34N4O5S. The first-order chi connectivity index (χ1) is 18.8. The van der Waals surface area contributed by atoms with E-state index in [4.69, 9.17) is 4.74 Å². The molecule has 2 aromatic rings. The van der Waals surface area contributed by atoms with E-state index in [-0.39, 0.29) is 34.7 Å². The van der Waals surface area contributed by atoms with Gasteiger partial charge in [-0.3, -0.25) is 9.69 Å². The van der Waals surface area contributed by atoms with Crippen molar-refractivity contribution in [2.75, 3.05) is 6.26 Å². The lowest BCUT2D eigenvalue weighted by molar-refractivity contribution is -0.135. The zero-order chi connectivity index (χ0) is 29.2. The fourth-order valence-electron chi connectivity index (χ4n) is 5.62. The third-order valence-corrected chi connectivity index (χ3v) is 8.59. The van der Waals surface area contributed by atoms with Crippen molar-refractivity contribution in [3.05, 3.63) is 53.6 Å². The molecular weight excluding hydrogens is 528 g/mol. The fraction of sp³-hybridized carbons (Fsp3) is 0.467. The lowest BCUT2D eigenvalue weighted by Gasteiger charge is -2.50. The summed E-state index contributed by atoms with van der Waals surface area (Å²) in [6.07, 6.45) is 4.23. The molecule has 3 fully saturated rings. The van der Waals surface area contributed by atoms with Crippen molar-refractivity contribution in [3.8, 4) is 23.3 Å². The molecule has 0 spiro atoms. The van der Waals surface area contributed by atoms with Crippen LogP contribution in [-0.4, -0.2) is 55.3 Å². The van der Waals surface area contributed by atoms with E-state index in [9.17, 15) is 28.5 Å². The molecule has 2 amide bonds. The number of hydrogen-bond donors (Lipinski definition) is 1. The highest BCUT2D eigenvalue weighted by molar-refractivity contribution is 7.90. The number of hydrogen-bond acceptors (Lipinski definition) is 7. The Morgan fingerprint density at radius 1 is 1.05 bits per heavy atom. The van der Waals surface area contributed by atoms with Crippen LogP contribution in [0.15, 0.2) is 47.4 Å². The standard InChI is InChI=1S/C30H34N4O5S/c1-30(2,3)39-29(36)34-25-13-11-21(12-14-25)27(34)28(35)33-24(18-32)15-19-5-7-20(8-6-19)22-9-10-23(17-31)26(16-22)40(4,37)38/h5-10,16,21,24-25,27H,11-15H2,1-4H3,(H,33,35). The lowest BCUT2D eigenvalue weighted by atomic mass is 9.74. The Balaban J connectivity index is 1.47. The van der Waals surface area contributed by atoms with Crippen LogP contribution in [0.1, 0.15) is 57.6 Å². The normalized spacial score (nSPS) is 21.1. The zero-order valence-electron chi connectivity index (χ0n) is 23.2. The highest BCUT2D eigenvalue weighted by atomic mass is 32.2. The van der Waals surface area contributed by atoms with Crippen molar-refractivity contribution < 1.29 is 22.7 Å². The van der Waals surface area contributed by atoms with Gasteiger partial charge in [-0.2, -0.15) is 10.5 Å². The van der Waals surface area contributed by atoms with Crippen LogP contribution in [0.25, 0.3) is 11.1 Å². The Labute approximate surface area is 235 Å². The Bertz CT molecular complexity index is 1470. The number of fused-ring (bicyclic) bond motifs is 3. The number of carbonyl (C=O) groups excluding carboxylic acids is 2. The topological polar surface area (TPSA) is 140 Å². The van der Waals surface area contributed by atoms with E-state index in [0.29, 0.717) is 5.56 Å². The first kappa shape index (κ1) is 29.1. The van der Waals surface area contributed by atoms with E-state index >= 15 is 0 Å². The van der Waals surface area contributed by atoms with Crippen molar-refractivity contribution in [2.24, 2.45) is 5.92 Å². The summed E-state index contributed by atoms with van der Waals surface area (Å²) in [6.45, 7) is 5.39. The molecule has 2 atom stereocenters. The SMILES string of the molecule is CC(C)(C)OC(=O)N1C2CCC(CC2)C1C(=O)NC(C#N)Cc1ccc(-c2ccc(C#N)c(S(C)(=O)=O)c2)cc1. The van der Waals surface area contributed by atoms with Crippen molar-refractivity contribution in [2.45, 2.75) is 81.5 Å².